The normalized spacial score (nSPS) is 10.9. The molecular formula is C20H18N4S. The Labute approximate surface area is 150 Å². The van der Waals surface area contributed by atoms with E-state index in [1.54, 1.807) is 17.5 Å². The van der Waals surface area contributed by atoms with Crippen LogP contribution in [-0.4, -0.2) is 21.5 Å². The fourth-order valence-corrected chi connectivity index (χ4v) is 3.76. The molecule has 0 amide bonds. The number of hydrogen-bond donors (Lipinski definition) is 0. The lowest BCUT2D eigenvalue weighted by molar-refractivity contribution is 0.825. The maximum Gasteiger partial charge on any atom is 0.126 e. The van der Waals surface area contributed by atoms with Gasteiger partial charge in [0.05, 0.1) is 22.1 Å². The number of pyridine rings is 2. The number of aromatic nitrogens is 3. The van der Waals surface area contributed by atoms with Gasteiger partial charge in [0.25, 0.3) is 0 Å². The Kier molecular flexibility index (Phi) is 4.39. The third-order valence-electron chi connectivity index (χ3n) is 4.11. The lowest BCUT2D eigenvalue weighted by Crippen LogP contribution is -2.22. The van der Waals surface area contributed by atoms with E-state index in [4.69, 9.17) is 4.98 Å². The molecule has 3 aromatic heterocycles. The van der Waals surface area contributed by atoms with Crippen LogP contribution in [0.4, 0.5) is 5.69 Å². The summed E-state index contributed by atoms with van der Waals surface area (Å²) in [5.74, 6) is 0. The van der Waals surface area contributed by atoms with Crippen molar-refractivity contribution in [3.63, 3.8) is 0 Å². The number of fused-ring (bicyclic) bond motifs is 1. The predicted octanol–water partition coefficient (Wildman–Crippen LogP) is 4.78. The monoisotopic (exact) mass is 346 g/mol. The molecule has 0 unspecified atom stereocenters. The summed E-state index contributed by atoms with van der Waals surface area (Å²) in [6.45, 7) is 3.87. The number of hydrogen-bond acceptors (Lipinski definition) is 5. The first kappa shape index (κ1) is 15.7. The van der Waals surface area contributed by atoms with E-state index in [1.807, 2.05) is 42.9 Å². The van der Waals surface area contributed by atoms with Gasteiger partial charge in [-0.25, -0.2) is 4.98 Å². The highest BCUT2D eigenvalue weighted by molar-refractivity contribution is 7.21. The quantitative estimate of drug-likeness (QED) is 0.521. The molecule has 124 valence electrons. The van der Waals surface area contributed by atoms with Crippen LogP contribution in [0.3, 0.4) is 0 Å². The van der Waals surface area contributed by atoms with Crippen molar-refractivity contribution >= 4 is 27.2 Å². The molecule has 5 heteroatoms. The SMILES string of the molecule is CCN(Cc1cccnc1)c1cncc(-c2nc3ccccc3s2)c1. The van der Waals surface area contributed by atoms with E-state index in [9.17, 15) is 0 Å². The molecule has 0 aliphatic carbocycles. The zero-order valence-corrected chi connectivity index (χ0v) is 14.8. The van der Waals surface area contributed by atoms with Crippen molar-refractivity contribution in [3.8, 4) is 10.6 Å². The van der Waals surface area contributed by atoms with Gasteiger partial charge in [-0.1, -0.05) is 18.2 Å². The van der Waals surface area contributed by atoms with E-state index >= 15 is 0 Å². The van der Waals surface area contributed by atoms with Crippen LogP contribution in [0.2, 0.25) is 0 Å². The summed E-state index contributed by atoms with van der Waals surface area (Å²) >= 11 is 1.70. The Bertz CT molecular complexity index is 948. The molecule has 0 fully saturated rings. The van der Waals surface area contributed by atoms with Crippen LogP contribution < -0.4 is 4.90 Å². The van der Waals surface area contributed by atoms with Crippen LogP contribution >= 0.6 is 11.3 Å². The summed E-state index contributed by atoms with van der Waals surface area (Å²) in [6.07, 6.45) is 7.51. The molecule has 0 N–H and O–H groups in total. The molecule has 0 spiro atoms. The van der Waals surface area contributed by atoms with Crippen molar-refractivity contribution in [1.29, 1.82) is 0 Å². The van der Waals surface area contributed by atoms with Crippen LogP contribution in [0.15, 0.2) is 67.3 Å². The summed E-state index contributed by atoms with van der Waals surface area (Å²) in [4.78, 5) is 15.7. The van der Waals surface area contributed by atoms with Gasteiger partial charge in [0.2, 0.25) is 0 Å². The number of para-hydroxylation sites is 1. The average Bonchev–Trinajstić information content (AvgIpc) is 3.11. The van der Waals surface area contributed by atoms with Gasteiger partial charge in [-0.2, -0.15) is 0 Å². The van der Waals surface area contributed by atoms with Crippen LogP contribution in [0, 0.1) is 0 Å². The Balaban J connectivity index is 1.65. The van der Waals surface area contributed by atoms with E-state index in [0.29, 0.717) is 0 Å². The zero-order chi connectivity index (χ0) is 17.1. The van der Waals surface area contributed by atoms with E-state index in [0.717, 1.165) is 34.9 Å². The fraction of sp³-hybridized carbons (Fsp3) is 0.150. The number of nitrogens with zero attached hydrogens (tertiary/aromatic N) is 4. The molecule has 0 saturated heterocycles. The van der Waals surface area contributed by atoms with Gasteiger partial charge in [-0.05, 0) is 36.8 Å². The summed E-state index contributed by atoms with van der Waals surface area (Å²) < 4.78 is 1.20. The van der Waals surface area contributed by atoms with Crippen molar-refractivity contribution in [2.75, 3.05) is 11.4 Å². The van der Waals surface area contributed by atoms with E-state index in [1.165, 1.54) is 10.3 Å². The Hall–Kier alpha value is -2.79. The zero-order valence-electron chi connectivity index (χ0n) is 14.0. The van der Waals surface area contributed by atoms with Crippen molar-refractivity contribution < 1.29 is 0 Å². The minimum Gasteiger partial charge on any atom is -0.366 e. The molecule has 0 bridgehead atoms. The minimum atomic E-state index is 0.815. The van der Waals surface area contributed by atoms with Crippen LogP contribution in [-0.2, 0) is 6.54 Å². The second kappa shape index (κ2) is 6.99. The first-order valence-electron chi connectivity index (χ1n) is 8.28. The molecule has 0 aliphatic heterocycles. The van der Waals surface area contributed by atoms with Crippen molar-refractivity contribution in [2.45, 2.75) is 13.5 Å². The molecule has 4 rings (SSSR count). The fourth-order valence-electron chi connectivity index (χ4n) is 2.81. The lowest BCUT2D eigenvalue weighted by atomic mass is 10.2. The summed E-state index contributed by atoms with van der Waals surface area (Å²) in [5, 5.41) is 1.01. The van der Waals surface area contributed by atoms with Gasteiger partial charge < -0.3 is 4.90 Å². The first-order chi connectivity index (χ1) is 12.3. The molecule has 25 heavy (non-hydrogen) atoms. The van der Waals surface area contributed by atoms with Gasteiger partial charge in [-0.15, -0.1) is 11.3 Å². The second-order valence-corrected chi connectivity index (χ2v) is 6.82. The van der Waals surface area contributed by atoms with Gasteiger partial charge in [0, 0.05) is 37.2 Å². The highest BCUT2D eigenvalue weighted by Crippen LogP contribution is 2.31. The summed E-state index contributed by atoms with van der Waals surface area (Å²) in [6, 6.07) is 14.5. The van der Waals surface area contributed by atoms with E-state index < -0.39 is 0 Å². The molecule has 4 nitrogen and oxygen atoms in total. The maximum absolute atomic E-state index is 4.74. The van der Waals surface area contributed by atoms with Crippen molar-refractivity contribution in [1.82, 2.24) is 15.0 Å². The molecule has 0 atom stereocenters. The van der Waals surface area contributed by atoms with Gasteiger partial charge in [0.15, 0.2) is 0 Å². The molecule has 0 aliphatic rings. The van der Waals surface area contributed by atoms with E-state index in [-0.39, 0.29) is 0 Å². The maximum atomic E-state index is 4.74. The summed E-state index contributed by atoms with van der Waals surface area (Å²) in [5.41, 5.74) is 4.39. The molecule has 0 saturated carbocycles. The minimum absolute atomic E-state index is 0.815. The standard InChI is InChI=1S/C20H18N4S/c1-2-24(14-15-6-5-9-21-11-15)17-10-16(12-22-13-17)20-23-18-7-3-4-8-19(18)25-20/h3-13H,2,14H2,1H3. The summed E-state index contributed by atoms with van der Waals surface area (Å²) in [7, 11) is 0. The highest BCUT2D eigenvalue weighted by atomic mass is 32.1. The van der Waals surface area contributed by atoms with Gasteiger partial charge in [0.1, 0.15) is 5.01 Å². The first-order valence-corrected chi connectivity index (χ1v) is 9.10. The Morgan fingerprint density at radius 2 is 1.92 bits per heavy atom. The molecule has 4 aromatic rings. The highest BCUT2D eigenvalue weighted by Gasteiger charge is 2.10. The van der Waals surface area contributed by atoms with E-state index in [2.05, 4.69) is 40.0 Å². The number of benzene rings is 1. The third kappa shape index (κ3) is 3.37. The number of anilines is 1. The topological polar surface area (TPSA) is 41.9 Å². The lowest BCUT2D eigenvalue weighted by Gasteiger charge is -2.23. The largest absolute Gasteiger partial charge is 0.366 e. The molecule has 1 aromatic carbocycles. The van der Waals surface area contributed by atoms with Crippen LogP contribution in [0.5, 0.6) is 0 Å². The predicted molar refractivity (Wildman–Crippen MR) is 104 cm³/mol. The Morgan fingerprint density at radius 1 is 1.00 bits per heavy atom. The van der Waals surface area contributed by atoms with Crippen LogP contribution in [0.1, 0.15) is 12.5 Å². The molecule has 0 radical (unpaired) electrons. The average molecular weight is 346 g/mol. The number of rotatable bonds is 5. The smallest absolute Gasteiger partial charge is 0.126 e. The van der Waals surface area contributed by atoms with Crippen molar-refractivity contribution in [2.24, 2.45) is 0 Å². The molecular weight excluding hydrogens is 328 g/mol. The molecule has 3 heterocycles. The van der Waals surface area contributed by atoms with Gasteiger partial charge in [-0.3, -0.25) is 9.97 Å². The second-order valence-electron chi connectivity index (χ2n) is 5.79. The van der Waals surface area contributed by atoms with Crippen LogP contribution in [0.25, 0.3) is 20.8 Å². The van der Waals surface area contributed by atoms with Crippen molar-refractivity contribution in [3.05, 3.63) is 72.8 Å². The third-order valence-corrected chi connectivity index (χ3v) is 5.19. The Morgan fingerprint density at radius 3 is 2.72 bits per heavy atom. The number of thiazole rings is 1. The van der Waals surface area contributed by atoms with Gasteiger partial charge >= 0.3 is 0 Å².